The highest BCUT2D eigenvalue weighted by Gasteiger charge is 2.35. The lowest BCUT2D eigenvalue weighted by Gasteiger charge is -2.17. The SMILES string of the molecule is FC(F)c1ccc(-c2c(Cl)ccc(Cl)c2Cl)c(C(F)(F)F)c1. The highest BCUT2D eigenvalue weighted by atomic mass is 35.5. The van der Waals surface area contributed by atoms with Crippen molar-refractivity contribution in [3.8, 4) is 11.1 Å². The van der Waals surface area contributed by atoms with E-state index in [1.807, 2.05) is 0 Å². The monoisotopic (exact) mass is 374 g/mol. The fourth-order valence-electron chi connectivity index (χ4n) is 1.92. The predicted octanol–water partition coefficient (Wildman–Crippen LogP) is 7.27. The Morgan fingerprint density at radius 2 is 1.45 bits per heavy atom. The standard InChI is InChI=1S/C14H6Cl3F5/c15-9-3-4-10(16)12(17)11(9)7-2-1-6(13(18)19)5-8(7)14(20,21)22/h1-5,13H. The first-order chi connectivity index (χ1) is 10.1. The van der Waals surface area contributed by atoms with Gasteiger partial charge in [0.05, 0.1) is 20.6 Å². The second kappa shape index (κ2) is 6.22. The molecule has 0 spiro atoms. The van der Waals surface area contributed by atoms with Crippen molar-refractivity contribution in [3.05, 3.63) is 56.5 Å². The van der Waals surface area contributed by atoms with Crippen molar-refractivity contribution in [2.45, 2.75) is 12.6 Å². The highest BCUT2D eigenvalue weighted by molar-refractivity contribution is 6.46. The van der Waals surface area contributed by atoms with Crippen molar-refractivity contribution >= 4 is 34.8 Å². The summed E-state index contributed by atoms with van der Waals surface area (Å²) in [5.41, 5.74) is -2.56. The summed E-state index contributed by atoms with van der Waals surface area (Å²) >= 11 is 17.6. The Bertz CT molecular complexity index is 710. The molecule has 2 aromatic rings. The van der Waals surface area contributed by atoms with Gasteiger partial charge >= 0.3 is 6.18 Å². The van der Waals surface area contributed by atoms with Gasteiger partial charge in [0, 0.05) is 11.1 Å². The van der Waals surface area contributed by atoms with E-state index in [9.17, 15) is 22.0 Å². The second-order valence-corrected chi connectivity index (χ2v) is 5.51. The van der Waals surface area contributed by atoms with Gasteiger partial charge in [0.15, 0.2) is 0 Å². The Labute approximate surface area is 137 Å². The van der Waals surface area contributed by atoms with Crippen LogP contribution in [0.3, 0.4) is 0 Å². The Morgan fingerprint density at radius 1 is 0.864 bits per heavy atom. The van der Waals surface area contributed by atoms with Gasteiger partial charge in [-0.15, -0.1) is 0 Å². The minimum atomic E-state index is -4.85. The van der Waals surface area contributed by atoms with Gasteiger partial charge in [-0.05, 0) is 23.8 Å². The summed E-state index contributed by atoms with van der Waals surface area (Å²) in [5.74, 6) is 0. The summed E-state index contributed by atoms with van der Waals surface area (Å²) in [4.78, 5) is 0. The molecule has 8 heteroatoms. The number of hydrogen-bond donors (Lipinski definition) is 0. The zero-order valence-electron chi connectivity index (χ0n) is 10.5. The van der Waals surface area contributed by atoms with E-state index in [2.05, 4.69) is 0 Å². The fourth-order valence-corrected chi connectivity index (χ4v) is 2.66. The van der Waals surface area contributed by atoms with E-state index in [1.54, 1.807) is 0 Å². The predicted molar refractivity (Wildman–Crippen MR) is 76.9 cm³/mol. The lowest BCUT2D eigenvalue weighted by atomic mass is 9.97. The molecule has 0 atom stereocenters. The Balaban J connectivity index is 2.79. The molecule has 0 nitrogen and oxygen atoms in total. The average molecular weight is 376 g/mol. The normalized spacial score (nSPS) is 12.0. The summed E-state index contributed by atoms with van der Waals surface area (Å²) < 4.78 is 64.8. The molecule has 22 heavy (non-hydrogen) atoms. The van der Waals surface area contributed by atoms with E-state index < -0.39 is 29.3 Å². The van der Waals surface area contributed by atoms with E-state index in [0.717, 1.165) is 12.1 Å². The third-order valence-corrected chi connectivity index (χ3v) is 4.03. The second-order valence-electron chi connectivity index (χ2n) is 4.32. The average Bonchev–Trinajstić information content (AvgIpc) is 2.42. The van der Waals surface area contributed by atoms with Crippen molar-refractivity contribution in [3.63, 3.8) is 0 Å². The Hall–Kier alpha value is -1.04. The van der Waals surface area contributed by atoms with Crippen LogP contribution in [-0.4, -0.2) is 0 Å². The van der Waals surface area contributed by atoms with E-state index in [-0.39, 0.29) is 20.6 Å². The summed E-state index contributed by atoms with van der Waals surface area (Å²) in [5, 5.41) is -0.235. The lowest BCUT2D eigenvalue weighted by Crippen LogP contribution is -2.08. The molecule has 0 amide bonds. The third-order valence-electron chi connectivity index (χ3n) is 2.91. The maximum atomic E-state index is 13.2. The van der Waals surface area contributed by atoms with Gasteiger partial charge in [0.25, 0.3) is 6.43 Å². The number of hydrogen-bond acceptors (Lipinski definition) is 0. The molecule has 0 aliphatic heterocycles. The van der Waals surface area contributed by atoms with Gasteiger partial charge in [-0.2, -0.15) is 13.2 Å². The molecule has 0 radical (unpaired) electrons. The number of halogens is 8. The molecule has 0 saturated heterocycles. The summed E-state index contributed by atoms with van der Waals surface area (Å²) in [6.45, 7) is 0. The number of benzene rings is 2. The Kier molecular flexibility index (Phi) is 4.90. The third kappa shape index (κ3) is 3.31. The Morgan fingerprint density at radius 3 is 2.00 bits per heavy atom. The van der Waals surface area contributed by atoms with Crippen LogP contribution in [0.4, 0.5) is 22.0 Å². The first-order valence-electron chi connectivity index (χ1n) is 5.76. The molecule has 0 fully saturated rings. The molecule has 0 aliphatic rings. The van der Waals surface area contributed by atoms with Gasteiger partial charge in [-0.3, -0.25) is 0 Å². The van der Waals surface area contributed by atoms with Crippen LogP contribution in [0.25, 0.3) is 11.1 Å². The van der Waals surface area contributed by atoms with Crippen molar-refractivity contribution in [2.75, 3.05) is 0 Å². The van der Waals surface area contributed by atoms with Crippen LogP contribution in [0, 0.1) is 0 Å². The summed E-state index contributed by atoms with van der Waals surface area (Å²) in [6.07, 6.45) is -7.88. The van der Waals surface area contributed by atoms with Gasteiger partial charge in [0.1, 0.15) is 0 Å². The molecular formula is C14H6Cl3F5. The molecule has 0 heterocycles. The molecular weight excluding hydrogens is 370 g/mol. The van der Waals surface area contributed by atoms with Gasteiger partial charge in [-0.1, -0.05) is 46.9 Å². The van der Waals surface area contributed by atoms with Crippen LogP contribution < -0.4 is 0 Å². The van der Waals surface area contributed by atoms with Crippen molar-refractivity contribution in [1.29, 1.82) is 0 Å². The molecule has 2 rings (SSSR count). The van der Waals surface area contributed by atoms with Crippen LogP contribution >= 0.6 is 34.8 Å². The van der Waals surface area contributed by atoms with Crippen LogP contribution in [0.5, 0.6) is 0 Å². The summed E-state index contributed by atoms with van der Waals surface area (Å²) in [7, 11) is 0. The van der Waals surface area contributed by atoms with E-state index in [4.69, 9.17) is 34.8 Å². The van der Waals surface area contributed by atoms with Gasteiger partial charge in [-0.25, -0.2) is 8.78 Å². The van der Waals surface area contributed by atoms with Crippen LogP contribution in [0.15, 0.2) is 30.3 Å². The molecule has 0 aromatic heterocycles. The molecule has 0 aliphatic carbocycles. The maximum Gasteiger partial charge on any atom is 0.417 e. The quantitative estimate of drug-likeness (QED) is 0.382. The molecule has 0 unspecified atom stereocenters. The minimum absolute atomic E-state index is 0.00660. The van der Waals surface area contributed by atoms with Crippen molar-refractivity contribution < 1.29 is 22.0 Å². The van der Waals surface area contributed by atoms with Crippen molar-refractivity contribution in [1.82, 2.24) is 0 Å². The minimum Gasteiger partial charge on any atom is -0.205 e. The highest BCUT2D eigenvalue weighted by Crippen LogP contribution is 2.45. The van der Waals surface area contributed by atoms with Crippen LogP contribution in [0.1, 0.15) is 17.6 Å². The molecule has 0 bridgehead atoms. The van der Waals surface area contributed by atoms with E-state index >= 15 is 0 Å². The smallest absolute Gasteiger partial charge is 0.205 e. The largest absolute Gasteiger partial charge is 0.417 e. The van der Waals surface area contributed by atoms with Crippen LogP contribution in [0.2, 0.25) is 15.1 Å². The molecule has 0 N–H and O–H groups in total. The zero-order valence-corrected chi connectivity index (χ0v) is 12.8. The molecule has 0 saturated carbocycles. The van der Waals surface area contributed by atoms with Crippen LogP contribution in [-0.2, 0) is 6.18 Å². The maximum absolute atomic E-state index is 13.2. The molecule has 118 valence electrons. The first kappa shape index (κ1) is 17.3. The first-order valence-corrected chi connectivity index (χ1v) is 6.89. The summed E-state index contributed by atoms with van der Waals surface area (Å²) in [6, 6.07) is 4.80. The number of alkyl halides is 5. The van der Waals surface area contributed by atoms with E-state index in [0.29, 0.717) is 6.07 Å². The molecule has 2 aromatic carbocycles. The zero-order chi connectivity index (χ0) is 16.7. The fraction of sp³-hybridized carbons (Fsp3) is 0.143. The van der Waals surface area contributed by atoms with Gasteiger partial charge in [0.2, 0.25) is 0 Å². The van der Waals surface area contributed by atoms with Crippen molar-refractivity contribution in [2.24, 2.45) is 0 Å². The number of rotatable bonds is 2. The van der Waals surface area contributed by atoms with Gasteiger partial charge < -0.3 is 0 Å². The lowest BCUT2D eigenvalue weighted by molar-refractivity contribution is -0.137. The topological polar surface area (TPSA) is 0 Å². The van der Waals surface area contributed by atoms with E-state index in [1.165, 1.54) is 12.1 Å².